The van der Waals surface area contributed by atoms with Crippen LogP contribution in [0.25, 0.3) is 66.1 Å². The first-order valence-electron chi connectivity index (χ1n) is 12.7. The largest absolute Gasteiger partial charge is 0.309 e. The summed E-state index contributed by atoms with van der Waals surface area (Å²) in [6, 6.07) is 41.4. The van der Waals surface area contributed by atoms with Crippen LogP contribution in [-0.4, -0.2) is 14.0 Å². The molecule has 0 spiro atoms. The maximum atomic E-state index is 4.78. The van der Waals surface area contributed by atoms with Crippen LogP contribution in [0.1, 0.15) is 5.56 Å². The Morgan fingerprint density at radius 3 is 1.81 bits per heavy atom. The average Bonchev–Trinajstić information content (AvgIpc) is 3.45. The summed E-state index contributed by atoms with van der Waals surface area (Å²) in [6.45, 7) is 2.18. The molecule has 0 radical (unpaired) electrons. The van der Waals surface area contributed by atoms with Gasteiger partial charge in [0.25, 0.3) is 0 Å². The summed E-state index contributed by atoms with van der Waals surface area (Å²) in [6.07, 6.45) is 2.00. The van der Waals surface area contributed by atoms with Crippen LogP contribution in [0.5, 0.6) is 0 Å². The highest BCUT2D eigenvalue weighted by atomic mass is 15.0. The summed E-state index contributed by atoms with van der Waals surface area (Å²) in [4.78, 5) is 4.78. The lowest BCUT2D eigenvalue weighted by atomic mass is 10.0. The Bertz CT molecular complexity index is 2090. The smallest absolute Gasteiger partial charge is 0.0871 e. The van der Waals surface area contributed by atoms with Gasteiger partial charge in [0.1, 0.15) is 0 Å². The lowest BCUT2D eigenvalue weighted by molar-refractivity contribution is 1.18. The number of fused-ring (bicyclic) bond motifs is 8. The normalized spacial score (nSPS) is 11.9. The second-order valence-electron chi connectivity index (χ2n) is 9.74. The van der Waals surface area contributed by atoms with E-state index in [-0.39, 0.29) is 0 Å². The van der Waals surface area contributed by atoms with E-state index in [9.17, 15) is 0 Å². The van der Waals surface area contributed by atoms with Gasteiger partial charge in [0, 0.05) is 21.8 Å². The van der Waals surface area contributed by atoms with Gasteiger partial charge in [-0.3, -0.25) is 4.98 Å². The highest BCUT2D eigenvalue weighted by Crippen LogP contribution is 2.34. The molecule has 0 N–H and O–H groups in total. The molecule has 8 rings (SSSR count). The van der Waals surface area contributed by atoms with Crippen molar-refractivity contribution in [3.05, 3.63) is 127 Å². The van der Waals surface area contributed by atoms with E-state index in [2.05, 4.69) is 131 Å². The van der Waals surface area contributed by atoms with Gasteiger partial charge in [0.2, 0.25) is 0 Å². The highest BCUT2D eigenvalue weighted by Gasteiger charge is 2.13. The van der Waals surface area contributed by atoms with Gasteiger partial charge in [-0.05, 0) is 66.1 Å². The predicted molar refractivity (Wildman–Crippen MR) is 155 cm³/mol. The van der Waals surface area contributed by atoms with Gasteiger partial charge in [-0.2, -0.15) is 0 Å². The Balaban J connectivity index is 1.30. The summed E-state index contributed by atoms with van der Waals surface area (Å²) in [5, 5.41) is 3.84. The first-order chi connectivity index (χ1) is 18.3. The quantitative estimate of drug-likeness (QED) is 0.246. The Hall–Kier alpha value is -4.89. The minimum atomic E-state index is 0.999. The van der Waals surface area contributed by atoms with E-state index >= 15 is 0 Å². The highest BCUT2D eigenvalue weighted by molar-refractivity contribution is 6.09. The Kier molecular flexibility index (Phi) is 4.15. The van der Waals surface area contributed by atoms with Crippen molar-refractivity contribution in [2.45, 2.75) is 6.92 Å². The van der Waals surface area contributed by atoms with Crippen molar-refractivity contribution in [1.29, 1.82) is 0 Å². The van der Waals surface area contributed by atoms with Crippen LogP contribution in [0.3, 0.4) is 0 Å². The molecule has 0 atom stereocenters. The average molecular weight is 474 g/mol. The van der Waals surface area contributed by atoms with Crippen molar-refractivity contribution < 1.29 is 0 Å². The second-order valence-corrected chi connectivity index (χ2v) is 9.74. The van der Waals surface area contributed by atoms with Crippen molar-refractivity contribution in [2.24, 2.45) is 0 Å². The maximum absolute atomic E-state index is 4.78. The van der Waals surface area contributed by atoms with Crippen LogP contribution in [-0.2, 0) is 0 Å². The lowest BCUT2D eigenvalue weighted by Crippen LogP contribution is -1.94. The van der Waals surface area contributed by atoms with Gasteiger partial charge in [-0.25, -0.2) is 0 Å². The lowest BCUT2D eigenvalue weighted by Gasteiger charge is -2.10. The third-order valence-electron chi connectivity index (χ3n) is 7.76. The topological polar surface area (TPSA) is 22.2 Å². The zero-order chi connectivity index (χ0) is 24.5. The Labute approximate surface area is 213 Å². The monoisotopic (exact) mass is 473 g/mol. The molecule has 0 unspecified atom stereocenters. The van der Waals surface area contributed by atoms with E-state index in [4.69, 9.17) is 4.98 Å². The van der Waals surface area contributed by atoms with Crippen LogP contribution in [0.15, 0.2) is 121 Å². The van der Waals surface area contributed by atoms with Crippen molar-refractivity contribution in [2.75, 3.05) is 0 Å². The SMILES string of the molecule is Cc1c2ccccc2n2c1cnc1ccc(-c3ccc(-n4c5ccccc5c5ccccc54)cc3)cc12. The fourth-order valence-electron chi connectivity index (χ4n) is 5.96. The van der Waals surface area contributed by atoms with Crippen LogP contribution < -0.4 is 0 Å². The minimum absolute atomic E-state index is 0.999. The number of para-hydroxylation sites is 3. The molecule has 0 aliphatic carbocycles. The predicted octanol–water partition coefficient (Wildman–Crippen LogP) is 8.71. The van der Waals surface area contributed by atoms with Crippen molar-refractivity contribution in [3.63, 3.8) is 0 Å². The summed E-state index contributed by atoms with van der Waals surface area (Å²) in [5.74, 6) is 0. The van der Waals surface area contributed by atoms with Crippen molar-refractivity contribution in [1.82, 2.24) is 14.0 Å². The van der Waals surface area contributed by atoms with Gasteiger partial charge in [-0.1, -0.05) is 72.8 Å². The molecule has 0 fully saturated rings. The zero-order valence-corrected chi connectivity index (χ0v) is 20.4. The van der Waals surface area contributed by atoms with E-state index in [1.807, 2.05) is 6.20 Å². The first kappa shape index (κ1) is 20.3. The van der Waals surface area contributed by atoms with E-state index in [0.29, 0.717) is 0 Å². The summed E-state index contributed by atoms with van der Waals surface area (Å²) < 4.78 is 4.71. The van der Waals surface area contributed by atoms with E-state index in [0.717, 1.165) is 22.2 Å². The molecule has 3 nitrogen and oxygen atoms in total. The molecule has 0 amide bonds. The van der Waals surface area contributed by atoms with E-state index in [1.165, 1.54) is 49.4 Å². The number of aromatic nitrogens is 3. The fraction of sp³-hybridized carbons (Fsp3) is 0.0294. The molecule has 174 valence electrons. The number of aryl methyl sites for hydroxylation is 1. The number of hydrogen-bond donors (Lipinski definition) is 0. The molecule has 3 heteroatoms. The second kappa shape index (κ2) is 7.55. The van der Waals surface area contributed by atoms with Gasteiger partial charge < -0.3 is 8.97 Å². The molecule has 0 aliphatic rings. The van der Waals surface area contributed by atoms with E-state index < -0.39 is 0 Å². The molecule has 0 aliphatic heterocycles. The third-order valence-corrected chi connectivity index (χ3v) is 7.76. The Morgan fingerprint density at radius 2 is 1.11 bits per heavy atom. The maximum Gasteiger partial charge on any atom is 0.0871 e. The minimum Gasteiger partial charge on any atom is -0.309 e. The molecule has 0 bridgehead atoms. The van der Waals surface area contributed by atoms with Crippen LogP contribution in [0, 0.1) is 6.92 Å². The molecule has 37 heavy (non-hydrogen) atoms. The molecule has 5 aromatic carbocycles. The van der Waals surface area contributed by atoms with Crippen molar-refractivity contribution >= 4 is 49.3 Å². The molecule has 3 heterocycles. The molecular formula is C34H23N3. The van der Waals surface area contributed by atoms with Crippen LogP contribution in [0.4, 0.5) is 0 Å². The van der Waals surface area contributed by atoms with Gasteiger partial charge >= 0.3 is 0 Å². The number of benzene rings is 5. The van der Waals surface area contributed by atoms with Crippen molar-refractivity contribution in [3.8, 4) is 16.8 Å². The van der Waals surface area contributed by atoms with Crippen LogP contribution in [0.2, 0.25) is 0 Å². The van der Waals surface area contributed by atoms with Gasteiger partial charge in [0.05, 0.1) is 39.3 Å². The van der Waals surface area contributed by atoms with Crippen LogP contribution >= 0.6 is 0 Å². The number of nitrogens with zero attached hydrogens (tertiary/aromatic N) is 3. The summed E-state index contributed by atoms with van der Waals surface area (Å²) >= 11 is 0. The number of hydrogen-bond acceptors (Lipinski definition) is 1. The fourth-order valence-corrected chi connectivity index (χ4v) is 5.96. The Morgan fingerprint density at radius 1 is 0.514 bits per heavy atom. The summed E-state index contributed by atoms with van der Waals surface area (Å²) in [5.41, 5.74) is 11.8. The third kappa shape index (κ3) is 2.85. The molecule has 3 aromatic heterocycles. The summed E-state index contributed by atoms with van der Waals surface area (Å²) in [7, 11) is 0. The molecule has 0 saturated heterocycles. The molecule has 0 saturated carbocycles. The standard InChI is InChI=1S/C34H23N3/c1-22-26-8-2-5-11-30(26)37-33-20-24(16-19-29(33)35-21-34(22)37)23-14-17-25(18-15-23)36-31-12-6-3-9-27(31)28-10-4-7-13-32(28)36/h2-21H,1H3. The molecule has 8 aromatic rings. The zero-order valence-electron chi connectivity index (χ0n) is 20.4. The first-order valence-corrected chi connectivity index (χ1v) is 12.7. The molecular weight excluding hydrogens is 450 g/mol. The van der Waals surface area contributed by atoms with E-state index in [1.54, 1.807) is 0 Å². The van der Waals surface area contributed by atoms with Gasteiger partial charge in [-0.15, -0.1) is 0 Å². The number of rotatable bonds is 2. The van der Waals surface area contributed by atoms with Gasteiger partial charge in [0.15, 0.2) is 0 Å².